The van der Waals surface area contributed by atoms with Gasteiger partial charge in [0, 0.05) is 14.7 Å². The highest BCUT2D eigenvalue weighted by Gasteiger charge is 2.24. The van der Waals surface area contributed by atoms with Crippen molar-refractivity contribution in [3.63, 3.8) is 0 Å². The van der Waals surface area contributed by atoms with Gasteiger partial charge in [0.1, 0.15) is 6.33 Å². The van der Waals surface area contributed by atoms with E-state index < -0.39 is 5.97 Å². The summed E-state index contributed by atoms with van der Waals surface area (Å²) in [4.78, 5) is 20.2. The molecular weight excluding hydrogens is 417 g/mol. The summed E-state index contributed by atoms with van der Waals surface area (Å²) >= 11 is 2.27. The molecule has 5 nitrogen and oxygen atoms in total. The van der Waals surface area contributed by atoms with Crippen molar-refractivity contribution in [1.29, 1.82) is 0 Å². The number of carboxylic acid groups (broad SMARTS) is 1. The molecule has 2 aromatic carbocycles. The number of benzene rings is 2. The number of fused-ring (bicyclic) bond motifs is 3. The predicted molar refractivity (Wildman–Crippen MR) is 99.0 cm³/mol. The Morgan fingerprint density at radius 2 is 1.96 bits per heavy atom. The predicted octanol–water partition coefficient (Wildman–Crippen LogP) is 3.53. The van der Waals surface area contributed by atoms with E-state index in [1.807, 2.05) is 47.0 Å². The Kier molecular flexibility index (Phi) is 3.68. The Labute approximate surface area is 151 Å². The third kappa shape index (κ3) is 2.43. The van der Waals surface area contributed by atoms with Crippen LogP contribution >= 0.6 is 22.6 Å². The lowest BCUT2D eigenvalue weighted by Gasteiger charge is -2.12. The second-order valence-electron chi connectivity index (χ2n) is 5.41. The van der Waals surface area contributed by atoms with Gasteiger partial charge < -0.3 is 5.11 Å². The lowest BCUT2D eigenvalue weighted by Crippen LogP contribution is -2.07. The van der Waals surface area contributed by atoms with Gasteiger partial charge in [-0.2, -0.15) is 0 Å². The van der Waals surface area contributed by atoms with Crippen molar-refractivity contribution in [3.8, 4) is 5.69 Å². The maximum Gasteiger partial charge on any atom is 0.356 e. The summed E-state index contributed by atoms with van der Waals surface area (Å²) < 4.78 is 2.92. The fourth-order valence-electron chi connectivity index (χ4n) is 2.90. The van der Waals surface area contributed by atoms with Gasteiger partial charge in [0.2, 0.25) is 0 Å². The van der Waals surface area contributed by atoms with Crippen molar-refractivity contribution >= 4 is 34.3 Å². The molecule has 1 aliphatic rings. The molecule has 0 unspecified atom stereocenters. The summed E-state index contributed by atoms with van der Waals surface area (Å²) in [6, 6.07) is 16.0. The molecule has 0 atom stereocenters. The highest BCUT2D eigenvalue weighted by molar-refractivity contribution is 14.1. The van der Waals surface area contributed by atoms with Gasteiger partial charge in [-0.05, 0) is 40.8 Å². The number of imidazole rings is 1. The molecule has 3 aromatic rings. The van der Waals surface area contributed by atoms with E-state index in [2.05, 4.69) is 33.6 Å². The molecule has 1 N–H and O–H groups in total. The number of aromatic carboxylic acids is 1. The van der Waals surface area contributed by atoms with E-state index in [-0.39, 0.29) is 12.2 Å². The van der Waals surface area contributed by atoms with Crippen LogP contribution in [0.1, 0.15) is 27.3 Å². The fourth-order valence-corrected chi connectivity index (χ4v) is 3.39. The van der Waals surface area contributed by atoms with Gasteiger partial charge in [-0.25, -0.2) is 9.78 Å². The third-order valence-corrected chi connectivity index (χ3v) is 4.65. The molecule has 1 aromatic heterocycles. The van der Waals surface area contributed by atoms with Gasteiger partial charge in [0.25, 0.3) is 0 Å². The largest absolute Gasteiger partial charge is 0.476 e. The zero-order chi connectivity index (χ0) is 16.7. The SMILES string of the molecule is O=C(O)c1ncn2c1CN=C(c1ccccc1)c1cc(I)ccc1-2. The fraction of sp³-hybridized carbons (Fsp3) is 0.0556. The molecule has 1 aliphatic heterocycles. The maximum atomic E-state index is 11.4. The van der Waals surface area contributed by atoms with E-state index in [4.69, 9.17) is 4.99 Å². The van der Waals surface area contributed by atoms with Gasteiger partial charge in [-0.15, -0.1) is 0 Å². The molecule has 0 fully saturated rings. The van der Waals surface area contributed by atoms with Crippen LogP contribution in [0.15, 0.2) is 59.9 Å². The molecule has 0 radical (unpaired) electrons. The molecule has 0 saturated heterocycles. The smallest absolute Gasteiger partial charge is 0.356 e. The summed E-state index contributed by atoms with van der Waals surface area (Å²) in [5, 5.41) is 9.37. The van der Waals surface area contributed by atoms with Crippen LogP contribution in [-0.4, -0.2) is 26.3 Å². The molecule has 2 heterocycles. The summed E-state index contributed by atoms with van der Waals surface area (Å²) in [7, 11) is 0. The van der Waals surface area contributed by atoms with E-state index in [0.29, 0.717) is 5.69 Å². The number of rotatable bonds is 2. The Bertz CT molecular complexity index is 977. The van der Waals surface area contributed by atoms with Gasteiger partial charge in [-0.3, -0.25) is 9.56 Å². The van der Waals surface area contributed by atoms with E-state index in [0.717, 1.165) is 26.1 Å². The summed E-state index contributed by atoms with van der Waals surface area (Å²) in [6.07, 6.45) is 1.56. The first-order valence-corrected chi connectivity index (χ1v) is 8.42. The number of carboxylic acids is 1. The van der Waals surface area contributed by atoms with Crippen molar-refractivity contribution in [3.05, 3.63) is 80.9 Å². The average molecular weight is 429 g/mol. The second kappa shape index (κ2) is 5.86. The number of halogens is 1. The lowest BCUT2D eigenvalue weighted by molar-refractivity contribution is 0.0689. The van der Waals surface area contributed by atoms with Crippen molar-refractivity contribution in [2.75, 3.05) is 0 Å². The topological polar surface area (TPSA) is 67.5 Å². The van der Waals surface area contributed by atoms with Crippen molar-refractivity contribution in [2.24, 2.45) is 4.99 Å². The first kappa shape index (κ1) is 15.1. The number of hydrogen-bond acceptors (Lipinski definition) is 3. The molecule has 0 aliphatic carbocycles. The first-order chi connectivity index (χ1) is 11.6. The second-order valence-corrected chi connectivity index (χ2v) is 6.65. The van der Waals surface area contributed by atoms with Crippen molar-refractivity contribution < 1.29 is 9.90 Å². The Balaban J connectivity index is 2.00. The van der Waals surface area contributed by atoms with E-state index >= 15 is 0 Å². The number of carbonyl (C=O) groups is 1. The van der Waals surface area contributed by atoms with Crippen LogP contribution in [0.5, 0.6) is 0 Å². The zero-order valence-corrected chi connectivity index (χ0v) is 14.6. The molecule has 6 heteroatoms. The Hall–Kier alpha value is -2.48. The van der Waals surface area contributed by atoms with Crippen LogP contribution in [0.2, 0.25) is 0 Å². The molecule has 0 spiro atoms. The lowest BCUT2D eigenvalue weighted by atomic mass is 10.0. The third-order valence-electron chi connectivity index (χ3n) is 3.98. The highest BCUT2D eigenvalue weighted by atomic mass is 127. The van der Waals surface area contributed by atoms with Crippen LogP contribution < -0.4 is 0 Å². The number of aliphatic imine (C=N–C) groups is 1. The quantitative estimate of drug-likeness (QED) is 0.634. The molecule has 118 valence electrons. The maximum absolute atomic E-state index is 11.4. The Morgan fingerprint density at radius 1 is 1.17 bits per heavy atom. The van der Waals surface area contributed by atoms with E-state index in [1.54, 1.807) is 6.33 Å². The van der Waals surface area contributed by atoms with Gasteiger partial charge in [-0.1, -0.05) is 30.3 Å². The summed E-state index contributed by atoms with van der Waals surface area (Å²) in [5.41, 5.74) is 4.39. The van der Waals surface area contributed by atoms with Gasteiger partial charge >= 0.3 is 5.97 Å². The molecule has 24 heavy (non-hydrogen) atoms. The molecule has 0 saturated carbocycles. The molecule has 4 rings (SSSR count). The van der Waals surface area contributed by atoms with Gasteiger partial charge in [0.15, 0.2) is 5.69 Å². The minimum absolute atomic E-state index is 0.0533. The van der Waals surface area contributed by atoms with E-state index in [1.165, 1.54) is 0 Å². The van der Waals surface area contributed by atoms with Crippen LogP contribution in [-0.2, 0) is 6.54 Å². The minimum Gasteiger partial charge on any atom is -0.476 e. The van der Waals surface area contributed by atoms with Crippen LogP contribution in [0.25, 0.3) is 5.69 Å². The summed E-state index contributed by atoms with van der Waals surface area (Å²) in [6.45, 7) is 0.275. The van der Waals surface area contributed by atoms with Crippen LogP contribution in [0, 0.1) is 3.57 Å². The van der Waals surface area contributed by atoms with E-state index in [9.17, 15) is 9.90 Å². The van der Waals surface area contributed by atoms with Crippen LogP contribution in [0.4, 0.5) is 0 Å². The molecule has 0 bridgehead atoms. The number of aromatic nitrogens is 2. The Morgan fingerprint density at radius 3 is 2.71 bits per heavy atom. The highest BCUT2D eigenvalue weighted by Crippen LogP contribution is 2.28. The standard InChI is InChI=1S/C18H12IN3O2/c19-12-6-7-14-13(8-12)16(11-4-2-1-3-5-11)20-9-15-17(18(23)24)21-10-22(14)15/h1-8,10H,9H2,(H,23,24). The number of hydrogen-bond donors (Lipinski definition) is 1. The van der Waals surface area contributed by atoms with Crippen LogP contribution in [0.3, 0.4) is 0 Å². The van der Waals surface area contributed by atoms with Crippen molar-refractivity contribution in [1.82, 2.24) is 9.55 Å². The minimum atomic E-state index is -1.03. The normalized spacial score (nSPS) is 12.8. The molecule has 0 amide bonds. The van der Waals surface area contributed by atoms with Crippen molar-refractivity contribution in [2.45, 2.75) is 6.54 Å². The first-order valence-electron chi connectivity index (χ1n) is 7.35. The monoisotopic (exact) mass is 429 g/mol. The average Bonchev–Trinajstić information content (AvgIpc) is 2.94. The zero-order valence-electron chi connectivity index (χ0n) is 12.5. The number of nitrogens with zero attached hydrogens (tertiary/aromatic N) is 3. The molecular formula is C18H12IN3O2. The van der Waals surface area contributed by atoms with Gasteiger partial charge in [0.05, 0.1) is 23.6 Å². The summed E-state index contributed by atoms with van der Waals surface area (Å²) in [5.74, 6) is -1.03.